The lowest BCUT2D eigenvalue weighted by atomic mass is 9.82. The normalized spacial score (nSPS) is 13.2. The van der Waals surface area contributed by atoms with Crippen molar-refractivity contribution < 1.29 is 35.7 Å². The summed E-state index contributed by atoms with van der Waals surface area (Å²) < 4.78 is 89.8. The van der Waals surface area contributed by atoms with E-state index < -0.39 is 34.4 Å². The fourth-order valence-corrected chi connectivity index (χ4v) is 5.05. The molecule has 0 bridgehead atoms. The molecule has 0 radical (unpaired) electrons. The first-order chi connectivity index (χ1) is 19.1. The molecule has 11 heteroatoms. The zero-order valence-electron chi connectivity index (χ0n) is 24.6. The molecule has 0 saturated heterocycles. The molecule has 0 spiro atoms. The summed E-state index contributed by atoms with van der Waals surface area (Å²) in [6.07, 6.45) is -10.00. The van der Waals surface area contributed by atoms with Gasteiger partial charge >= 0.3 is 12.4 Å². The molecular formula is C31H33F6N3O2. The quantitative estimate of drug-likeness (QED) is 0.236. The number of nitrogens with zero attached hydrogens (tertiary/aromatic N) is 2. The summed E-state index contributed by atoms with van der Waals surface area (Å²) >= 11 is 0. The molecule has 0 aliphatic carbocycles. The third kappa shape index (κ3) is 5.91. The Kier molecular flexibility index (Phi) is 7.57. The van der Waals surface area contributed by atoms with Gasteiger partial charge in [0.2, 0.25) is 5.91 Å². The van der Waals surface area contributed by atoms with Crippen LogP contribution in [0.1, 0.15) is 73.9 Å². The Morgan fingerprint density at radius 3 is 1.90 bits per heavy atom. The summed E-state index contributed by atoms with van der Waals surface area (Å²) in [5.74, 6) is 0.254. The third-order valence-electron chi connectivity index (χ3n) is 7.45. The smallest absolute Gasteiger partial charge is 0.361 e. The minimum absolute atomic E-state index is 0.0890. The van der Waals surface area contributed by atoms with Gasteiger partial charge in [0.15, 0.2) is 0 Å². The largest absolute Gasteiger partial charge is 0.416 e. The molecule has 4 rings (SSSR count). The molecular weight excluding hydrogens is 560 g/mol. The van der Waals surface area contributed by atoms with Gasteiger partial charge in [0.05, 0.1) is 34.5 Å². The van der Waals surface area contributed by atoms with E-state index in [1.807, 2.05) is 20.8 Å². The summed E-state index contributed by atoms with van der Waals surface area (Å²) in [5, 5.41) is 7.52. The maximum atomic E-state index is 13.8. The van der Waals surface area contributed by atoms with E-state index in [-0.39, 0.29) is 29.8 Å². The molecule has 226 valence electrons. The molecule has 1 N–H and O–H groups in total. The summed E-state index contributed by atoms with van der Waals surface area (Å²) in [6, 6.07) is 6.87. The van der Waals surface area contributed by atoms with Crippen LogP contribution in [0, 0.1) is 20.8 Å². The predicted octanol–water partition coefficient (Wildman–Crippen LogP) is 8.50. The van der Waals surface area contributed by atoms with Crippen LogP contribution in [0.25, 0.3) is 22.2 Å². The number of rotatable bonds is 5. The molecule has 5 nitrogen and oxygen atoms in total. The molecule has 2 heterocycles. The first kappa shape index (κ1) is 31.2. The van der Waals surface area contributed by atoms with Crippen LogP contribution in [0.4, 0.5) is 26.3 Å². The van der Waals surface area contributed by atoms with Crippen molar-refractivity contribution >= 4 is 16.8 Å². The van der Waals surface area contributed by atoms with Crippen LogP contribution in [-0.4, -0.2) is 21.2 Å². The Hall–Kier alpha value is -3.76. The van der Waals surface area contributed by atoms with Gasteiger partial charge in [-0.25, -0.2) is 0 Å². The predicted molar refractivity (Wildman–Crippen MR) is 148 cm³/mol. The van der Waals surface area contributed by atoms with Crippen LogP contribution in [-0.2, 0) is 29.1 Å². The van der Waals surface area contributed by atoms with Gasteiger partial charge in [-0.1, -0.05) is 11.2 Å². The van der Waals surface area contributed by atoms with Gasteiger partial charge in [-0.05, 0) is 102 Å². The number of hydrogen-bond donors (Lipinski definition) is 1. The lowest BCUT2D eigenvalue weighted by Crippen LogP contribution is -2.48. The number of fused-ring (bicyclic) bond motifs is 1. The number of nitrogens with one attached hydrogen (secondary N) is 1. The zero-order chi connectivity index (χ0) is 31.6. The number of hydrogen-bond acceptors (Lipinski definition) is 3. The number of benzene rings is 2. The van der Waals surface area contributed by atoms with Crippen molar-refractivity contribution in [3.63, 3.8) is 0 Å². The maximum Gasteiger partial charge on any atom is 0.416 e. The number of carbonyl (C=O) groups is 1. The Labute approximate surface area is 239 Å². The van der Waals surface area contributed by atoms with E-state index in [0.29, 0.717) is 39.0 Å². The number of amides is 1. The van der Waals surface area contributed by atoms with E-state index in [2.05, 4.69) is 10.5 Å². The van der Waals surface area contributed by atoms with E-state index in [1.165, 1.54) is 0 Å². The lowest BCUT2D eigenvalue weighted by Gasteiger charge is -2.30. The second-order valence-electron chi connectivity index (χ2n) is 12.2. The summed E-state index contributed by atoms with van der Waals surface area (Å²) in [5.41, 5.74) is -1.43. The number of aromatic nitrogens is 2. The summed E-state index contributed by atoms with van der Waals surface area (Å²) in [4.78, 5) is 13.2. The highest BCUT2D eigenvalue weighted by molar-refractivity contribution is 5.95. The molecule has 1 amide bonds. The Bertz CT molecular complexity index is 1620. The van der Waals surface area contributed by atoms with Crippen molar-refractivity contribution in [1.82, 2.24) is 15.0 Å². The van der Waals surface area contributed by atoms with Crippen molar-refractivity contribution in [3.8, 4) is 11.3 Å². The molecule has 0 unspecified atom stereocenters. The second-order valence-corrected chi connectivity index (χ2v) is 12.2. The number of carbonyl (C=O) groups excluding carboxylic acids is 1. The maximum absolute atomic E-state index is 13.8. The molecule has 2 aromatic carbocycles. The third-order valence-corrected chi connectivity index (χ3v) is 7.45. The fraction of sp³-hybridized carbons (Fsp3) is 0.419. The molecule has 0 saturated carbocycles. The molecule has 0 fully saturated rings. The number of halogens is 6. The van der Waals surface area contributed by atoms with E-state index in [9.17, 15) is 31.1 Å². The van der Waals surface area contributed by atoms with Crippen molar-refractivity contribution in [2.45, 2.75) is 85.2 Å². The summed E-state index contributed by atoms with van der Waals surface area (Å²) in [6.45, 7) is 14.2. The highest BCUT2D eigenvalue weighted by Gasteiger charge is 2.38. The second kappa shape index (κ2) is 10.2. The van der Waals surface area contributed by atoms with Crippen LogP contribution in [0.2, 0.25) is 0 Å². The molecule has 42 heavy (non-hydrogen) atoms. The first-order valence-electron chi connectivity index (χ1n) is 13.3. The van der Waals surface area contributed by atoms with Crippen LogP contribution >= 0.6 is 0 Å². The van der Waals surface area contributed by atoms with E-state index in [0.717, 1.165) is 12.1 Å². The molecule has 0 atom stereocenters. The van der Waals surface area contributed by atoms with Crippen LogP contribution in [0.15, 0.2) is 40.9 Å². The summed E-state index contributed by atoms with van der Waals surface area (Å²) in [7, 11) is 0. The molecule has 0 aliphatic rings. The molecule has 4 aromatic rings. The van der Waals surface area contributed by atoms with Gasteiger partial charge < -0.3 is 14.4 Å². The Balaban J connectivity index is 2.03. The minimum atomic E-state index is -5.00. The van der Waals surface area contributed by atoms with E-state index in [1.54, 1.807) is 57.4 Å². The van der Waals surface area contributed by atoms with Gasteiger partial charge in [0, 0.05) is 22.0 Å². The Morgan fingerprint density at radius 2 is 1.43 bits per heavy atom. The van der Waals surface area contributed by atoms with Gasteiger partial charge in [-0.2, -0.15) is 26.3 Å². The average Bonchev–Trinajstić information content (AvgIpc) is 3.32. The first-order valence-corrected chi connectivity index (χ1v) is 13.3. The Morgan fingerprint density at radius 1 is 0.857 bits per heavy atom. The average molecular weight is 594 g/mol. The number of aryl methyl sites for hydroxylation is 3. The topological polar surface area (TPSA) is 60.1 Å². The van der Waals surface area contributed by atoms with Crippen molar-refractivity contribution in [2.75, 3.05) is 0 Å². The standard InChI is InChI=1S/C31H33F6N3O2/c1-16-23-14-20(29(7,8)27(41)38-28(4,5)6)9-10-25(23)40(15-24-17(2)39-42-18(24)3)26(16)19-11-21(30(32,33)34)13-22(12-19)31(35,36)37/h9-14H,15H2,1-8H3,(H,38,41). The van der Waals surface area contributed by atoms with Crippen LogP contribution < -0.4 is 5.32 Å². The van der Waals surface area contributed by atoms with E-state index in [4.69, 9.17) is 4.52 Å². The highest BCUT2D eigenvalue weighted by atomic mass is 19.4. The zero-order valence-corrected chi connectivity index (χ0v) is 24.6. The van der Waals surface area contributed by atoms with Crippen molar-refractivity contribution in [3.05, 3.63) is 75.7 Å². The monoisotopic (exact) mass is 593 g/mol. The van der Waals surface area contributed by atoms with Crippen LogP contribution in [0.3, 0.4) is 0 Å². The van der Waals surface area contributed by atoms with Gasteiger partial charge in [0.25, 0.3) is 0 Å². The van der Waals surface area contributed by atoms with Gasteiger partial charge in [-0.15, -0.1) is 0 Å². The van der Waals surface area contributed by atoms with Gasteiger partial charge in [-0.3, -0.25) is 4.79 Å². The van der Waals surface area contributed by atoms with E-state index >= 15 is 0 Å². The minimum Gasteiger partial charge on any atom is -0.361 e. The molecule has 2 aromatic heterocycles. The fourth-order valence-electron chi connectivity index (χ4n) is 5.05. The van der Waals surface area contributed by atoms with Crippen molar-refractivity contribution in [1.29, 1.82) is 0 Å². The van der Waals surface area contributed by atoms with Crippen LogP contribution in [0.5, 0.6) is 0 Å². The van der Waals surface area contributed by atoms with Gasteiger partial charge in [0.1, 0.15) is 5.76 Å². The van der Waals surface area contributed by atoms with Crippen molar-refractivity contribution in [2.24, 2.45) is 0 Å². The SMILES string of the molecule is Cc1noc(C)c1Cn1c(-c2cc(C(F)(F)F)cc(C(F)(F)F)c2)c(C)c2cc(C(C)(C)C(=O)NC(C)(C)C)ccc21. The lowest BCUT2D eigenvalue weighted by molar-refractivity contribution is -0.143. The number of alkyl halides is 6. The highest BCUT2D eigenvalue weighted by Crippen LogP contribution is 2.42. The molecule has 0 aliphatic heterocycles.